The van der Waals surface area contributed by atoms with E-state index in [-0.39, 0.29) is 13.2 Å². The number of thiophene rings is 1. The molecule has 1 saturated heterocycles. The lowest BCUT2D eigenvalue weighted by molar-refractivity contribution is -0.0304. The minimum Gasteiger partial charge on any atom is -0.394 e. The fraction of sp³-hybridized carbons (Fsp3) is 0.600. The second kappa shape index (κ2) is 5.56. The number of nitrogens with zero attached hydrogens (tertiary/aromatic N) is 1. The summed E-state index contributed by atoms with van der Waals surface area (Å²) >= 11 is 4.69. The Bertz CT molecular complexity index is 528. The van der Waals surface area contributed by atoms with Crippen LogP contribution in [0.3, 0.4) is 0 Å². The van der Waals surface area contributed by atoms with Gasteiger partial charge in [-0.25, -0.2) is 8.42 Å². The van der Waals surface area contributed by atoms with Crippen molar-refractivity contribution < 1.29 is 18.3 Å². The molecule has 1 aliphatic heterocycles. The summed E-state index contributed by atoms with van der Waals surface area (Å²) in [6, 6.07) is 1.62. The van der Waals surface area contributed by atoms with Crippen molar-refractivity contribution in [2.24, 2.45) is 0 Å². The lowest BCUT2D eigenvalue weighted by Gasteiger charge is -2.31. The maximum Gasteiger partial charge on any atom is 0.244 e. The number of rotatable bonds is 3. The lowest BCUT2D eigenvalue weighted by atomic mass is 10.3. The maximum atomic E-state index is 12.5. The molecule has 1 atom stereocenters. The Kier molecular flexibility index (Phi) is 4.45. The third kappa shape index (κ3) is 2.78. The molecular formula is C10H14BrNO4S2. The number of sulfonamides is 1. The van der Waals surface area contributed by atoms with Gasteiger partial charge in [-0.05, 0) is 28.9 Å². The largest absolute Gasteiger partial charge is 0.394 e. The van der Waals surface area contributed by atoms with E-state index in [2.05, 4.69) is 15.9 Å². The first-order chi connectivity index (χ1) is 8.45. The smallest absolute Gasteiger partial charge is 0.244 e. The summed E-state index contributed by atoms with van der Waals surface area (Å²) in [6.45, 7) is 2.46. The van der Waals surface area contributed by atoms with Crippen molar-refractivity contribution in [2.75, 3.05) is 26.3 Å². The molecule has 0 radical (unpaired) electrons. The molecule has 2 heterocycles. The number of morpholine rings is 1. The molecule has 0 aromatic carbocycles. The van der Waals surface area contributed by atoms with Gasteiger partial charge < -0.3 is 9.84 Å². The SMILES string of the molecule is Cc1sc(Br)cc1S(=O)(=O)N1CCOC(CO)C1. The van der Waals surface area contributed by atoms with Crippen molar-refractivity contribution in [3.05, 3.63) is 14.7 Å². The molecule has 5 nitrogen and oxygen atoms in total. The molecule has 1 aromatic rings. The van der Waals surface area contributed by atoms with Crippen molar-refractivity contribution in [2.45, 2.75) is 17.9 Å². The third-order valence-corrected chi connectivity index (χ3v) is 6.44. The maximum absolute atomic E-state index is 12.5. The van der Waals surface area contributed by atoms with Crippen molar-refractivity contribution in [1.82, 2.24) is 4.31 Å². The van der Waals surface area contributed by atoms with Gasteiger partial charge in [-0.1, -0.05) is 0 Å². The molecule has 1 aliphatic rings. The standard InChI is InChI=1S/C10H14BrNO4S2/c1-7-9(4-10(11)17-7)18(14,15)12-2-3-16-8(5-12)6-13/h4,8,13H,2-3,5-6H2,1H3. The van der Waals surface area contributed by atoms with Crippen LogP contribution < -0.4 is 0 Å². The van der Waals surface area contributed by atoms with Crippen molar-refractivity contribution in [3.8, 4) is 0 Å². The minimum absolute atomic E-state index is 0.168. The highest BCUT2D eigenvalue weighted by Crippen LogP contribution is 2.32. The fourth-order valence-corrected chi connectivity index (χ4v) is 5.69. The molecule has 0 bridgehead atoms. The van der Waals surface area contributed by atoms with Gasteiger partial charge in [0.2, 0.25) is 10.0 Å². The van der Waals surface area contributed by atoms with E-state index in [0.717, 1.165) is 8.66 Å². The van der Waals surface area contributed by atoms with E-state index in [1.54, 1.807) is 13.0 Å². The second-order valence-electron chi connectivity index (χ2n) is 4.01. The summed E-state index contributed by atoms with van der Waals surface area (Å²) in [6.07, 6.45) is -0.434. The number of ether oxygens (including phenoxy) is 1. The Morgan fingerprint density at radius 1 is 1.67 bits per heavy atom. The molecule has 1 N–H and O–H groups in total. The molecule has 0 aliphatic carbocycles. The van der Waals surface area contributed by atoms with Crippen LogP contribution in [0.15, 0.2) is 14.7 Å². The lowest BCUT2D eigenvalue weighted by Crippen LogP contribution is -2.46. The molecule has 0 spiro atoms. The molecule has 0 saturated carbocycles. The van der Waals surface area contributed by atoms with Crippen LogP contribution in [0, 0.1) is 6.92 Å². The molecule has 18 heavy (non-hydrogen) atoms. The van der Waals surface area contributed by atoms with Gasteiger partial charge in [0.05, 0.1) is 28.0 Å². The van der Waals surface area contributed by atoms with Crippen molar-refractivity contribution >= 4 is 37.3 Å². The molecule has 1 aromatic heterocycles. The van der Waals surface area contributed by atoms with Crippen LogP contribution in [0.2, 0.25) is 0 Å². The van der Waals surface area contributed by atoms with Gasteiger partial charge in [-0.3, -0.25) is 0 Å². The monoisotopic (exact) mass is 355 g/mol. The van der Waals surface area contributed by atoms with E-state index in [1.807, 2.05) is 0 Å². The van der Waals surface area contributed by atoms with E-state index in [4.69, 9.17) is 9.84 Å². The molecule has 8 heteroatoms. The number of aryl methyl sites for hydroxylation is 1. The molecule has 0 amide bonds. The summed E-state index contributed by atoms with van der Waals surface area (Å²) < 4.78 is 32.3. The predicted octanol–water partition coefficient (Wildman–Crippen LogP) is 1.20. The highest BCUT2D eigenvalue weighted by atomic mass is 79.9. The highest BCUT2D eigenvalue weighted by Gasteiger charge is 2.32. The first kappa shape index (κ1) is 14.4. The molecule has 102 valence electrons. The zero-order valence-corrected chi connectivity index (χ0v) is 13.0. The van der Waals surface area contributed by atoms with Crippen LogP contribution in [0.1, 0.15) is 4.88 Å². The van der Waals surface area contributed by atoms with Crippen LogP contribution in [0.25, 0.3) is 0 Å². The Balaban J connectivity index is 2.28. The fourth-order valence-electron chi connectivity index (χ4n) is 1.85. The van der Waals surface area contributed by atoms with E-state index in [1.165, 1.54) is 15.6 Å². The number of halogens is 1. The Labute approximate surface area is 119 Å². The molecule has 1 unspecified atom stereocenters. The number of aliphatic hydroxyl groups is 1. The summed E-state index contributed by atoms with van der Waals surface area (Å²) in [5.74, 6) is 0. The van der Waals surface area contributed by atoms with E-state index < -0.39 is 16.1 Å². The Hall–Kier alpha value is 0.01000. The second-order valence-corrected chi connectivity index (χ2v) is 8.55. The third-order valence-electron chi connectivity index (χ3n) is 2.77. The van der Waals surface area contributed by atoms with Crippen molar-refractivity contribution in [1.29, 1.82) is 0 Å². The topological polar surface area (TPSA) is 66.8 Å². The van der Waals surface area contributed by atoms with E-state index in [0.29, 0.717) is 18.0 Å². The summed E-state index contributed by atoms with van der Waals surface area (Å²) in [5, 5.41) is 9.05. The zero-order valence-electron chi connectivity index (χ0n) is 9.80. The van der Waals surface area contributed by atoms with Crippen LogP contribution in [0.4, 0.5) is 0 Å². The predicted molar refractivity (Wildman–Crippen MR) is 72.3 cm³/mol. The first-order valence-electron chi connectivity index (χ1n) is 5.43. The number of hydrogen-bond acceptors (Lipinski definition) is 5. The van der Waals surface area contributed by atoms with Gasteiger partial charge in [0.15, 0.2) is 0 Å². The van der Waals surface area contributed by atoms with Gasteiger partial charge in [0.1, 0.15) is 0 Å². The van der Waals surface area contributed by atoms with Gasteiger partial charge in [-0.2, -0.15) is 4.31 Å². The molecule has 1 fully saturated rings. The van der Waals surface area contributed by atoms with Gasteiger partial charge in [-0.15, -0.1) is 11.3 Å². The minimum atomic E-state index is -3.49. The van der Waals surface area contributed by atoms with E-state index >= 15 is 0 Å². The van der Waals surface area contributed by atoms with Crippen LogP contribution >= 0.6 is 27.3 Å². The number of aliphatic hydroxyl groups excluding tert-OH is 1. The number of hydrogen-bond donors (Lipinski definition) is 1. The first-order valence-corrected chi connectivity index (χ1v) is 8.48. The highest BCUT2D eigenvalue weighted by molar-refractivity contribution is 9.11. The normalized spacial score (nSPS) is 22.3. The zero-order chi connectivity index (χ0) is 13.3. The van der Waals surface area contributed by atoms with Crippen LogP contribution in [-0.2, 0) is 14.8 Å². The Morgan fingerprint density at radius 2 is 2.39 bits per heavy atom. The average Bonchev–Trinajstić information content (AvgIpc) is 2.69. The van der Waals surface area contributed by atoms with Crippen molar-refractivity contribution in [3.63, 3.8) is 0 Å². The summed E-state index contributed by atoms with van der Waals surface area (Å²) in [7, 11) is -3.49. The van der Waals surface area contributed by atoms with Crippen LogP contribution in [0.5, 0.6) is 0 Å². The van der Waals surface area contributed by atoms with Gasteiger partial charge >= 0.3 is 0 Å². The summed E-state index contributed by atoms with van der Waals surface area (Å²) in [5.41, 5.74) is 0. The molecule has 2 rings (SSSR count). The van der Waals surface area contributed by atoms with Gasteiger partial charge in [0, 0.05) is 18.0 Å². The Morgan fingerprint density at radius 3 is 2.94 bits per heavy atom. The quantitative estimate of drug-likeness (QED) is 0.884. The summed E-state index contributed by atoms with van der Waals surface area (Å²) in [4.78, 5) is 1.09. The average molecular weight is 356 g/mol. The van der Waals surface area contributed by atoms with Gasteiger partial charge in [0.25, 0.3) is 0 Å². The molecular weight excluding hydrogens is 342 g/mol. The van der Waals surface area contributed by atoms with Crippen LogP contribution in [-0.4, -0.2) is 50.2 Å². The van der Waals surface area contributed by atoms with E-state index in [9.17, 15) is 8.42 Å².